The Morgan fingerprint density at radius 3 is 2.57 bits per heavy atom. The molecule has 74 valence electrons. The molecule has 0 atom stereocenters. The molecule has 0 radical (unpaired) electrons. The second-order valence-electron chi connectivity index (χ2n) is 3.87. The lowest BCUT2D eigenvalue weighted by Gasteiger charge is -2.19. The van der Waals surface area contributed by atoms with Crippen molar-refractivity contribution in [2.45, 2.75) is 33.0 Å². The van der Waals surface area contributed by atoms with Gasteiger partial charge in [-0.3, -0.25) is 0 Å². The van der Waals surface area contributed by atoms with Gasteiger partial charge in [0.25, 0.3) is 0 Å². The molecule has 1 aromatic carbocycles. The van der Waals surface area contributed by atoms with Crippen molar-refractivity contribution in [1.29, 1.82) is 0 Å². The van der Waals surface area contributed by atoms with Gasteiger partial charge in [0.05, 0.1) is 6.61 Å². The van der Waals surface area contributed by atoms with E-state index < -0.39 is 5.60 Å². The highest BCUT2D eigenvalue weighted by molar-refractivity contribution is 5.24. The molecule has 0 amide bonds. The molecule has 1 rings (SSSR count). The minimum absolute atomic E-state index is 0.484. The molecule has 0 fully saturated rings. The zero-order valence-electron chi connectivity index (χ0n) is 9.00. The smallest absolute Gasteiger partial charge is 0.123 e. The molecule has 0 bridgehead atoms. The van der Waals surface area contributed by atoms with Gasteiger partial charge in [0, 0.05) is 0 Å². The molecule has 0 unspecified atom stereocenters. The first kappa shape index (κ1) is 10.8. The highest BCUT2D eigenvalue weighted by atomic mass is 16.5. The molecule has 1 heteroatoms. The van der Waals surface area contributed by atoms with Crippen LogP contribution in [0.5, 0.6) is 0 Å². The predicted molar refractivity (Wildman–Crippen MR) is 58.9 cm³/mol. The van der Waals surface area contributed by atoms with Crippen molar-refractivity contribution in [3.05, 3.63) is 35.4 Å². The molecule has 0 aliphatic heterocycles. The van der Waals surface area contributed by atoms with E-state index in [0.717, 1.165) is 0 Å². The molecule has 0 saturated heterocycles. The minimum Gasteiger partial charge on any atom is -0.358 e. The maximum Gasteiger partial charge on any atom is 0.123 e. The van der Waals surface area contributed by atoms with Gasteiger partial charge in [-0.15, -0.1) is 6.42 Å². The van der Waals surface area contributed by atoms with Crippen LogP contribution in [0, 0.1) is 19.3 Å². The van der Waals surface area contributed by atoms with Crippen molar-refractivity contribution in [1.82, 2.24) is 0 Å². The summed E-state index contributed by atoms with van der Waals surface area (Å²) in [4.78, 5) is 0. The van der Waals surface area contributed by atoms with E-state index in [1.165, 1.54) is 11.1 Å². The number of rotatable bonds is 3. The van der Waals surface area contributed by atoms with Gasteiger partial charge in [-0.1, -0.05) is 30.2 Å². The number of hydrogen-bond donors (Lipinski definition) is 0. The van der Waals surface area contributed by atoms with Crippen LogP contribution in [-0.2, 0) is 11.3 Å². The van der Waals surface area contributed by atoms with Crippen LogP contribution in [-0.4, -0.2) is 5.60 Å². The van der Waals surface area contributed by atoms with E-state index in [2.05, 4.69) is 25.0 Å². The van der Waals surface area contributed by atoms with Crippen LogP contribution in [0.2, 0.25) is 0 Å². The van der Waals surface area contributed by atoms with Gasteiger partial charge in [-0.25, -0.2) is 0 Å². The summed E-state index contributed by atoms with van der Waals surface area (Å²) in [6.45, 7) is 6.43. The average Bonchev–Trinajstić information content (AvgIpc) is 2.17. The maximum absolute atomic E-state index is 5.61. The molecule has 0 heterocycles. The number of terminal acetylenes is 1. The molecule has 0 N–H and O–H groups in total. The Morgan fingerprint density at radius 2 is 2.00 bits per heavy atom. The molecule has 0 spiro atoms. The van der Waals surface area contributed by atoms with Gasteiger partial charge in [-0.05, 0) is 31.9 Å². The third-order valence-corrected chi connectivity index (χ3v) is 2.20. The lowest BCUT2D eigenvalue weighted by Crippen LogP contribution is -2.21. The van der Waals surface area contributed by atoms with Crippen molar-refractivity contribution in [2.75, 3.05) is 0 Å². The van der Waals surface area contributed by atoms with Crippen LogP contribution < -0.4 is 0 Å². The summed E-state index contributed by atoms with van der Waals surface area (Å²) in [5, 5.41) is 0. The van der Waals surface area contributed by atoms with E-state index in [9.17, 15) is 0 Å². The van der Waals surface area contributed by atoms with Gasteiger partial charge in [0.2, 0.25) is 0 Å². The van der Waals surface area contributed by atoms with Crippen LogP contribution in [0.1, 0.15) is 25.0 Å². The van der Waals surface area contributed by atoms with Crippen LogP contribution in [0.15, 0.2) is 24.3 Å². The van der Waals surface area contributed by atoms with Crippen molar-refractivity contribution in [3.63, 3.8) is 0 Å². The van der Waals surface area contributed by atoms with Crippen LogP contribution >= 0.6 is 0 Å². The third kappa shape index (κ3) is 2.90. The Morgan fingerprint density at radius 1 is 1.36 bits per heavy atom. The first-order valence-electron chi connectivity index (χ1n) is 4.71. The number of ether oxygens (including phenoxy) is 1. The van der Waals surface area contributed by atoms with Gasteiger partial charge >= 0.3 is 0 Å². The Balaban J connectivity index is 2.64. The van der Waals surface area contributed by atoms with E-state index in [-0.39, 0.29) is 0 Å². The zero-order chi connectivity index (χ0) is 10.6. The summed E-state index contributed by atoms with van der Waals surface area (Å²) in [5.41, 5.74) is 1.94. The molecule has 1 nitrogen and oxygen atoms in total. The quantitative estimate of drug-likeness (QED) is 0.663. The highest BCUT2D eigenvalue weighted by Gasteiger charge is 2.14. The van der Waals surface area contributed by atoms with Gasteiger partial charge in [0.1, 0.15) is 5.60 Å². The van der Waals surface area contributed by atoms with Crippen molar-refractivity contribution in [3.8, 4) is 12.3 Å². The Kier molecular flexibility index (Phi) is 3.33. The highest BCUT2D eigenvalue weighted by Crippen LogP contribution is 2.14. The maximum atomic E-state index is 5.61. The summed E-state index contributed by atoms with van der Waals surface area (Å²) in [6, 6.07) is 8.16. The summed E-state index contributed by atoms with van der Waals surface area (Å²) in [5.74, 6) is 2.61. The largest absolute Gasteiger partial charge is 0.358 e. The fraction of sp³-hybridized carbons (Fsp3) is 0.385. The summed E-state index contributed by atoms with van der Waals surface area (Å²) in [6.07, 6.45) is 5.33. The van der Waals surface area contributed by atoms with Crippen LogP contribution in [0.3, 0.4) is 0 Å². The molecule has 14 heavy (non-hydrogen) atoms. The number of aryl methyl sites for hydroxylation is 1. The zero-order valence-corrected chi connectivity index (χ0v) is 9.00. The SMILES string of the molecule is C#CC(C)(C)OCc1ccccc1C. The van der Waals surface area contributed by atoms with Gasteiger partial charge < -0.3 is 4.74 Å². The summed E-state index contributed by atoms with van der Waals surface area (Å²) >= 11 is 0. The Labute approximate surface area is 86.1 Å². The monoisotopic (exact) mass is 188 g/mol. The summed E-state index contributed by atoms with van der Waals surface area (Å²) in [7, 11) is 0. The predicted octanol–water partition coefficient (Wildman–Crippen LogP) is 2.92. The van der Waals surface area contributed by atoms with Crippen LogP contribution in [0.4, 0.5) is 0 Å². The molecule has 0 aliphatic rings. The van der Waals surface area contributed by atoms with Crippen molar-refractivity contribution < 1.29 is 4.74 Å². The second kappa shape index (κ2) is 4.30. The topological polar surface area (TPSA) is 9.23 Å². The fourth-order valence-electron chi connectivity index (χ4n) is 1.07. The molecule has 1 aromatic rings. The van der Waals surface area contributed by atoms with Gasteiger partial charge in [-0.2, -0.15) is 0 Å². The van der Waals surface area contributed by atoms with E-state index in [1.807, 2.05) is 26.0 Å². The van der Waals surface area contributed by atoms with Crippen molar-refractivity contribution >= 4 is 0 Å². The molecule has 0 aliphatic carbocycles. The lowest BCUT2D eigenvalue weighted by molar-refractivity contribution is 0.0143. The molecular weight excluding hydrogens is 172 g/mol. The van der Waals surface area contributed by atoms with E-state index >= 15 is 0 Å². The third-order valence-electron chi connectivity index (χ3n) is 2.20. The first-order chi connectivity index (χ1) is 6.55. The molecule has 0 saturated carbocycles. The normalized spacial score (nSPS) is 11.0. The van der Waals surface area contributed by atoms with E-state index in [0.29, 0.717) is 6.61 Å². The van der Waals surface area contributed by atoms with Crippen molar-refractivity contribution in [2.24, 2.45) is 0 Å². The first-order valence-corrected chi connectivity index (χ1v) is 4.71. The van der Waals surface area contributed by atoms with E-state index in [4.69, 9.17) is 11.2 Å². The molecular formula is C13H16O. The van der Waals surface area contributed by atoms with E-state index in [1.54, 1.807) is 0 Å². The standard InChI is InChI=1S/C13H16O/c1-5-13(3,4)14-10-12-9-7-6-8-11(12)2/h1,6-9H,10H2,2-4H3. The summed E-state index contributed by atoms with van der Waals surface area (Å²) < 4.78 is 5.61. The minimum atomic E-state index is -0.484. The van der Waals surface area contributed by atoms with Crippen LogP contribution in [0.25, 0.3) is 0 Å². The van der Waals surface area contributed by atoms with Gasteiger partial charge in [0.15, 0.2) is 0 Å². The molecule has 0 aromatic heterocycles. The number of benzene rings is 1. The second-order valence-corrected chi connectivity index (χ2v) is 3.87. The Hall–Kier alpha value is -1.26. The average molecular weight is 188 g/mol. The fourth-order valence-corrected chi connectivity index (χ4v) is 1.07. The lowest BCUT2D eigenvalue weighted by atomic mass is 10.1. The number of hydrogen-bond acceptors (Lipinski definition) is 1. The Bertz CT molecular complexity index is 344.